The van der Waals surface area contributed by atoms with Crippen LogP contribution in [0.2, 0.25) is 0 Å². The maximum Gasteiger partial charge on any atom is 0.270 e. The number of para-hydroxylation sites is 1. The highest BCUT2D eigenvalue weighted by Gasteiger charge is 2.43. The van der Waals surface area contributed by atoms with Crippen LogP contribution < -0.4 is 4.90 Å². The van der Waals surface area contributed by atoms with Crippen LogP contribution in [0.3, 0.4) is 0 Å². The third-order valence-electron chi connectivity index (χ3n) is 6.44. The quantitative estimate of drug-likeness (QED) is 0.554. The lowest BCUT2D eigenvalue weighted by atomic mass is 9.96. The molecular weight excluding hydrogens is 364 g/mol. The molecule has 6 rings (SSSR count). The minimum absolute atomic E-state index is 0.104. The number of piperidine rings is 1. The Labute approximate surface area is 167 Å². The van der Waals surface area contributed by atoms with Gasteiger partial charge < -0.3 is 19.8 Å². The van der Waals surface area contributed by atoms with Crippen LogP contribution in [-0.2, 0) is 0 Å². The zero-order valence-corrected chi connectivity index (χ0v) is 16.0. The average molecular weight is 386 g/mol. The van der Waals surface area contributed by atoms with Gasteiger partial charge in [-0.2, -0.15) is 0 Å². The van der Waals surface area contributed by atoms with E-state index in [-0.39, 0.29) is 11.9 Å². The summed E-state index contributed by atoms with van der Waals surface area (Å²) in [7, 11) is 0. The molecule has 0 spiro atoms. The Balaban J connectivity index is 1.32. The number of carbonyl (C=O) groups is 1. The Morgan fingerprint density at radius 1 is 1.07 bits per heavy atom. The summed E-state index contributed by atoms with van der Waals surface area (Å²) in [5, 5.41) is 2.13. The predicted octanol–water partition coefficient (Wildman–Crippen LogP) is 3.32. The van der Waals surface area contributed by atoms with E-state index < -0.39 is 0 Å². The number of hydrogen-bond donors (Lipinski definition) is 2. The van der Waals surface area contributed by atoms with Crippen LogP contribution in [-0.4, -0.2) is 55.9 Å². The second kappa shape index (κ2) is 6.34. The molecule has 146 valence electrons. The normalized spacial score (nSPS) is 21.8. The summed E-state index contributed by atoms with van der Waals surface area (Å²) in [5.41, 5.74) is 2.55. The van der Waals surface area contributed by atoms with Gasteiger partial charge in [0.25, 0.3) is 5.91 Å². The number of carbonyl (C=O) groups excluding carboxylic acids is 1. The monoisotopic (exact) mass is 386 g/mol. The lowest BCUT2D eigenvalue weighted by Crippen LogP contribution is -2.52. The lowest BCUT2D eigenvalue weighted by molar-refractivity contribution is 0.0603. The number of aromatic nitrogens is 4. The third kappa shape index (κ3) is 2.53. The minimum atomic E-state index is 0.104. The Hall–Kier alpha value is -3.35. The number of nitrogens with one attached hydrogen (secondary N) is 2. The summed E-state index contributed by atoms with van der Waals surface area (Å²) < 4.78 is 0. The first-order valence-electron chi connectivity index (χ1n) is 10.2. The predicted molar refractivity (Wildman–Crippen MR) is 112 cm³/mol. The molecule has 2 fully saturated rings. The Kier molecular flexibility index (Phi) is 3.62. The molecule has 7 nitrogen and oxygen atoms in total. The van der Waals surface area contributed by atoms with Crippen molar-refractivity contribution in [2.24, 2.45) is 0 Å². The first kappa shape index (κ1) is 16.6. The molecule has 2 aliphatic rings. The van der Waals surface area contributed by atoms with Crippen LogP contribution in [0.4, 0.5) is 5.82 Å². The van der Waals surface area contributed by atoms with Gasteiger partial charge >= 0.3 is 0 Å². The number of aromatic amines is 2. The Bertz CT molecular complexity index is 1180. The van der Waals surface area contributed by atoms with Crippen molar-refractivity contribution in [3.8, 4) is 0 Å². The van der Waals surface area contributed by atoms with Gasteiger partial charge in [-0.05, 0) is 37.5 Å². The standard InChI is InChI=1S/C22H22N6O/c29-22(17-12-14-4-1-2-5-16(14)26-17)28-10-3-6-18-19(28)8-11-27(18)21-15-7-9-23-20(15)24-13-25-21/h1-2,4-5,7,9,12-13,18-19,26H,3,6,8,10-11H2,(H,23,24,25)/t18-,19-/m1/s1. The van der Waals surface area contributed by atoms with Gasteiger partial charge in [-0.3, -0.25) is 4.79 Å². The van der Waals surface area contributed by atoms with Gasteiger partial charge in [0.05, 0.1) is 17.5 Å². The molecule has 0 saturated carbocycles. The second-order valence-corrected chi connectivity index (χ2v) is 7.97. The summed E-state index contributed by atoms with van der Waals surface area (Å²) in [6.07, 6.45) is 6.58. The van der Waals surface area contributed by atoms with E-state index in [0.717, 1.165) is 60.1 Å². The Morgan fingerprint density at radius 2 is 2.00 bits per heavy atom. The van der Waals surface area contributed by atoms with Crippen LogP contribution in [0.5, 0.6) is 0 Å². The fourth-order valence-electron chi connectivity index (χ4n) is 5.13. The molecule has 29 heavy (non-hydrogen) atoms. The average Bonchev–Trinajstić information content (AvgIpc) is 3.49. The highest BCUT2D eigenvalue weighted by atomic mass is 16.2. The molecule has 7 heteroatoms. The van der Waals surface area contributed by atoms with E-state index >= 15 is 0 Å². The number of amides is 1. The smallest absolute Gasteiger partial charge is 0.270 e. The number of nitrogens with zero attached hydrogens (tertiary/aromatic N) is 4. The number of hydrogen-bond acceptors (Lipinski definition) is 4. The zero-order chi connectivity index (χ0) is 19.4. The van der Waals surface area contributed by atoms with Gasteiger partial charge in [0.15, 0.2) is 0 Å². The van der Waals surface area contributed by atoms with Crippen LogP contribution >= 0.6 is 0 Å². The summed E-state index contributed by atoms with van der Waals surface area (Å²) in [6, 6.07) is 12.6. The van der Waals surface area contributed by atoms with Crippen LogP contribution in [0.15, 0.2) is 48.9 Å². The van der Waals surface area contributed by atoms with E-state index in [1.807, 2.05) is 42.6 Å². The van der Waals surface area contributed by atoms with E-state index in [0.29, 0.717) is 11.7 Å². The van der Waals surface area contributed by atoms with Crippen molar-refractivity contribution in [1.82, 2.24) is 24.8 Å². The Morgan fingerprint density at radius 3 is 2.93 bits per heavy atom. The maximum atomic E-state index is 13.4. The lowest BCUT2D eigenvalue weighted by Gasteiger charge is -2.40. The number of rotatable bonds is 2. The van der Waals surface area contributed by atoms with Gasteiger partial charge in [0, 0.05) is 30.2 Å². The van der Waals surface area contributed by atoms with Crippen molar-refractivity contribution >= 4 is 33.7 Å². The molecule has 0 bridgehead atoms. The molecule has 2 saturated heterocycles. The topological polar surface area (TPSA) is 80.9 Å². The largest absolute Gasteiger partial charge is 0.351 e. The molecule has 0 unspecified atom stereocenters. The van der Waals surface area contributed by atoms with Crippen molar-refractivity contribution in [3.05, 3.63) is 54.6 Å². The number of anilines is 1. The van der Waals surface area contributed by atoms with Crippen LogP contribution in [0.25, 0.3) is 21.9 Å². The number of likely N-dealkylation sites (tertiary alicyclic amines) is 1. The first-order chi connectivity index (χ1) is 14.3. The van der Waals surface area contributed by atoms with E-state index in [9.17, 15) is 4.79 Å². The van der Waals surface area contributed by atoms with Crippen molar-refractivity contribution in [2.75, 3.05) is 18.0 Å². The summed E-state index contributed by atoms with van der Waals surface area (Å²) in [4.78, 5) is 33.2. The highest BCUT2D eigenvalue weighted by Crippen LogP contribution is 2.36. The highest BCUT2D eigenvalue weighted by molar-refractivity contribution is 5.98. The number of benzene rings is 1. The van der Waals surface area contributed by atoms with Crippen molar-refractivity contribution in [2.45, 2.75) is 31.3 Å². The maximum absolute atomic E-state index is 13.4. The molecule has 0 aliphatic carbocycles. The molecular formula is C22H22N6O. The van der Waals surface area contributed by atoms with E-state index in [1.54, 1.807) is 6.33 Å². The molecule has 2 aliphatic heterocycles. The number of H-pyrrole nitrogens is 2. The summed E-state index contributed by atoms with van der Waals surface area (Å²) in [5.74, 6) is 1.08. The van der Waals surface area contributed by atoms with Crippen molar-refractivity contribution in [3.63, 3.8) is 0 Å². The SMILES string of the molecule is O=C(c1cc2ccccc2[nH]1)N1CCC[C@@H]2[C@H]1CCN2c1ncnc2[nH]ccc12. The molecule has 5 heterocycles. The van der Waals surface area contributed by atoms with Gasteiger partial charge in [-0.25, -0.2) is 9.97 Å². The van der Waals surface area contributed by atoms with Gasteiger partial charge in [-0.1, -0.05) is 18.2 Å². The fraction of sp³-hybridized carbons (Fsp3) is 0.318. The van der Waals surface area contributed by atoms with Gasteiger partial charge in [-0.15, -0.1) is 0 Å². The number of fused-ring (bicyclic) bond motifs is 3. The molecule has 1 aromatic carbocycles. The molecule has 0 radical (unpaired) electrons. The fourth-order valence-corrected chi connectivity index (χ4v) is 5.13. The van der Waals surface area contributed by atoms with Crippen molar-refractivity contribution < 1.29 is 4.79 Å². The zero-order valence-electron chi connectivity index (χ0n) is 16.0. The molecule has 4 aromatic rings. The first-order valence-corrected chi connectivity index (χ1v) is 10.2. The third-order valence-corrected chi connectivity index (χ3v) is 6.44. The van der Waals surface area contributed by atoms with E-state index in [2.05, 4.69) is 29.7 Å². The van der Waals surface area contributed by atoms with E-state index in [1.165, 1.54) is 0 Å². The van der Waals surface area contributed by atoms with Gasteiger partial charge in [0.1, 0.15) is 23.5 Å². The molecule has 2 N–H and O–H groups in total. The molecule has 1 amide bonds. The van der Waals surface area contributed by atoms with Crippen LogP contribution in [0, 0.1) is 0 Å². The minimum Gasteiger partial charge on any atom is -0.351 e. The van der Waals surface area contributed by atoms with Crippen LogP contribution in [0.1, 0.15) is 29.8 Å². The summed E-state index contributed by atoms with van der Waals surface area (Å²) in [6.45, 7) is 1.72. The molecule has 3 aromatic heterocycles. The van der Waals surface area contributed by atoms with Gasteiger partial charge in [0.2, 0.25) is 0 Å². The van der Waals surface area contributed by atoms with Crippen molar-refractivity contribution in [1.29, 1.82) is 0 Å². The van der Waals surface area contributed by atoms with E-state index in [4.69, 9.17) is 0 Å². The second-order valence-electron chi connectivity index (χ2n) is 7.97. The summed E-state index contributed by atoms with van der Waals surface area (Å²) >= 11 is 0. The molecule has 2 atom stereocenters.